The number of esters is 1. The quantitative estimate of drug-likeness (QED) is 0.295. The van der Waals surface area contributed by atoms with E-state index in [-0.39, 0.29) is 27.5 Å². The Hall–Kier alpha value is -3.63. The summed E-state index contributed by atoms with van der Waals surface area (Å²) in [5.74, 6) is -1.19. The van der Waals surface area contributed by atoms with Gasteiger partial charge in [-0.3, -0.25) is 9.36 Å². The fourth-order valence-electron chi connectivity index (χ4n) is 4.72. The van der Waals surface area contributed by atoms with Gasteiger partial charge >= 0.3 is 12.1 Å². The third-order valence-electron chi connectivity index (χ3n) is 6.40. The molecule has 0 unspecified atom stereocenters. The number of allylic oxidation sites excluding steroid dienone is 1. The number of aromatic nitrogens is 2. The van der Waals surface area contributed by atoms with E-state index >= 15 is 0 Å². The summed E-state index contributed by atoms with van der Waals surface area (Å²) >= 11 is 6.86. The molecule has 3 heterocycles. The SMILES string of the molecule is CCOC(=O)C1=C(C(F)(F)F)N=c2s/c(=C\c3cn(C(C)C)c4ccccc34)c(=O)n2[C@H]1c1ccc(Cl)cc1. The average molecular weight is 574 g/mol. The van der Waals surface area contributed by atoms with Crippen LogP contribution in [-0.4, -0.2) is 27.9 Å². The second-order valence-corrected chi connectivity index (χ2v) is 10.7. The summed E-state index contributed by atoms with van der Waals surface area (Å²) in [7, 11) is 0. The maximum atomic E-state index is 14.3. The number of fused-ring (bicyclic) bond motifs is 2. The van der Waals surface area contributed by atoms with Crippen molar-refractivity contribution in [2.24, 2.45) is 4.99 Å². The number of ether oxygens (including phenoxy) is 1. The Bertz CT molecular complexity index is 1800. The van der Waals surface area contributed by atoms with Crippen LogP contribution in [-0.2, 0) is 9.53 Å². The van der Waals surface area contributed by atoms with E-state index in [4.69, 9.17) is 16.3 Å². The molecule has 0 spiro atoms. The van der Waals surface area contributed by atoms with E-state index in [2.05, 4.69) is 9.56 Å². The molecule has 0 bridgehead atoms. The molecule has 0 saturated heterocycles. The largest absolute Gasteiger partial charge is 0.463 e. The van der Waals surface area contributed by atoms with Crippen LogP contribution in [0.2, 0.25) is 5.02 Å². The second kappa shape index (κ2) is 10.2. The lowest BCUT2D eigenvalue weighted by molar-refractivity contribution is -0.140. The van der Waals surface area contributed by atoms with Gasteiger partial charge in [-0.2, -0.15) is 13.2 Å². The van der Waals surface area contributed by atoms with Crippen LogP contribution in [0.1, 0.15) is 44.0 Å². The number of hydrogen-bond donors (Lipinski definition) is 0. The molecule has 6 nitrogen and oxygen atoms in total. The van der Waals surface area contributed by atoms with E-state index in [0.29, 0.717) is 5.02 Å². The molecule has 4 aromatic rings. The topological polar surface area (TPSA) is 65.6 Å². The maximum absolute atomic E-state index is 14.3. The summed E-state index contributed by atoms with van der Waals surface area (Å²) in [6.07, 6.45) is -1.40. The molecule has 11 heteroatoms. The minimum absolute atomic E-state index is 0.143. The molecule has 0 aliphatic carbocycles. The molecule has 0 fully saturated rings. The van der Waals surface area contributed by atoms with Gasteiger partial charge in [-0.15, -0.1) is 0 Å². The molecule has 0 N–H and O–H groups in total. The minimum Gasteiger partial charge on any atom is -0.463 e. The van der Waals surface area contributed by atoms with Crippen molar-refractivity contribution in [3.63, 3.8) is 0 Å². The Morgan fingerprint density at radius 3 is 2.51 bits per heavy atom. The molecule has 1 aliphatic heterocycles. The molecule has 202 valence electrons. The molecule has 2 aromatic carbocycles. The highest BCUT2D eigenvalue weighted by Gasteiger charge is 2.45. The highest BCUT2D eigenvalue weighted by Crippen LogP contribution is 2.38. The third kappa shape index (κ3) is 4.83. The normalized spacial score (nSPS) is 16.1. The lowest BCUT2D eigenvalue weighted by Crippen LogP contribution is -2.41. The minimum atomic E-state index is -4.97. The van der Waals surface area contributed by atoms with Crippen LogP contribution in [0.15, 0.2) is 75.8 Å². The van der Waals surface area contributed by atoms with Crippen LogP contribution >= 0.6 is 22.9 Å². The fraction of sp³-hybridized carbons (Fsp3) is 0.250. The van der Waals surface area contributed by atoms with Crippen molar-refractivity contribution < 1.29 is 22.7 Å². The Balaban J connectivity index is 1.81. The number of thiazole rings is 1. The number of nitrogens with zero attached hydrogens (tertiary/aromatic N) is 3. The number of carbonyl (C=O) groups excluding carboxylic acids is 1. The number of para-hydroxylation sites is 1. The van der Waals surface area contributed by atoms with Gasteiger partial charge in [0.2, 0.25) is 0 Å². The first-order chi connectivity index (χ1) is 18.5. The van der Waals surface area contributed by atoms with Crippen molar-refractivity contribution in [3.8, 4) is 0 Å². The fourth-order valence-corrected chi connectivity index (χ4v) is 5.83. The smallest absolute Gasteiger partial charge is 0.434 e. The van der Waals surface area contributed by atoms with Crippen molar-refractivity contribution in [2.45, 2.75) is 39.0 Å². The van der Waals surface area contributed by atoms with E-state index in [0.717, 1.165) is 32.4 Å². The molecule has 1 aliphatic rings. The first-order valence-electron chi connectivity index (χ1n) is 12.2. The van der Waals surface area contributed by atoms with Crippen molar-refractivity contribution >= 4 is 45.9 Å². The first-order valence-corrected chi connectivity index (χ1v) is 13.4. The number of benzene rings is 2. The van der Waals surface area contributed by atoms with E-state index in [1.54, 1.807) is 6.08 Å². The summed E-state index contributed by atoms with van der Waals surface area (Å²) in [5, 5.41) is 1.25. The van der Waals surface area contributed by atoms with Crippen LogP contribution in [0.5, 0.6) is 0 Å². The monoisotopic (exact) mass is 573 g/mol. The molecule has 0 radical (unpaired) electrons. The lowest BCUT2D eigenvalue weighted by atomic mass is 9.95. The van der Waals surface area contributed by atoms with Gasteiger partial charge in [0.15, 0.2) is 10.5 Å². The Labute approximate surface area is 229 Å². The van der Waals surface area contributed by atoms with Crippen molar-refractivity contribution in [2.75, 3.05) is 6.61 Å². The van der Waals surface area contributed by atoms with Gasteiger partial charge in [0.1, 0.15) is 0 Å². The second-order valence-electron chi connectivity index (χ2n) is 9.22. The van der Waals surface area contributed by atoms with Gasteiger partial charge in [-0.25, -0.2) is 9.79 Å². The van der Waals surface area contributed by atoms with Gasteiger partial charge in [0.05, 0.1) is 22.8 Å². The molecule has 39 heavy (non-hydrogen) atoms. The predicted molar refractivity (Wildman–Crippen MR) is 145 cm³/mol. The number of carbonyl (C=O) groups is 1. The Kier molecular flexibility index (Phi) is 7.02. The van der Waals surface area contributed by atoms with Crippen LogP contribution in [0.3, 0.4) is 0 Å². The molecule has 0 saturated carbocycles. The van der Waals surface area contributed by atoms with Gasteiger partial charge in [0, 0.05) is 33.7 Å². The van der Waals surface area contributed by atoms with Gasteiger partial charge < -0.3 is 9.30 Å². The van der Waals surface area contributed by atoms with Gasteiger partial charge in [-0.05, 0) is 50.6 Å². The molecule has 0 amide bonds. The van der Waals surface area contributed by atoms with Crippen molar-refractivity contribution in [1.82, 2.24) is 9.13 Å². The number of rotatable bonds is 5. The molecule has 1 atom stereocenters. The highest BCUT2D eigenvalue weighted by atomic mass is 35.5. The standard InChI is InChI=1S/C28H23ClF3N3O3S/c1-4-38-26(37)22-23(16-9-11-18(29)12-10-16)35-25(36)21(39-27(35)33-24(22)28(30,31)32)13-17-14-34(15(2)3)20-8-6-5-7-19(17)20/h5-15,23H,4H2,1-3H3/b21-13-/t23-/m0/s1. The van der Waals surface area contributed by atoms with E-state index in [1.165, 1.54) is 31.2 Å². The number of halogens is 4. The molecular formula is C28H23ClF3N3O3S. The zero-order chi connectivity index (χ0) is 28.1. The van der Waals surface area contributed by atoms with E-state index in [1.807, 2.05) is 44.3 Å². The molecular weight excluding hydrogens is 551 g/mol. The summed E-state index contributed by atoms with van der Waals surface area (Å²) in [5.41, 5.74) is -0.721. The summed E-state index contributed by atoms with van der Waals surface area (Å²) in [4.78, 5) is 30.4. The van der Waals surface area contributed by atoms with E-state index < -0.39 is 35.0 Å². The van der Waals surface area contributed by atoms with E-state index in [9.17, 15) is 22.8 Å². The Morgan fingerprint density at radius 2 is 1.87 bits per heavy atom. The van der Waals surface area contributed by atoms with Crippen molar-refractivity contribution in [3.05, 3.63) is 102 Å². The predicted octanol–water partition coefficient (Wildman–Crippen LogP) is 5.53. The average Bonchev–Trinajstić information content (AvgIpc) is 3.41. The zero-order valence-electron chi connectivity index (χ0n) is 21.1. The van der Waals surface area contributed by atoms with Crippen LogP contribution in [0.4, 0.5) is 13.2 Å². The van der Waals surface area contributed by atoms with Crippen LogP contribution in [0.25, 0.3) is 17.0 Å². The number of hydrogen-bond acceptors (Lipinski definition) is 5. The maximum Gasteiger partial charge on any atom is 0.434 e. The summed E-state index contributed by atoms with van der Waals surface area (Å²) in [6, 6.07) is 12.4. The molecule has 5 rings (SSSR count). The molecule has 2 aromatic heterocycles. The third-order valence-corrected chi connectivity index (χ3v) is 7.63. The van der Waals surface area contributed by atoms with Crippen molar-refractivity contribution in [1.29, 1.82) is 0 Å². The van der Waals surface area contributed by atoms with Crippen LogP contribution < -0.4 is 14.9 Å². The van der Waals surface area contributed by atoms with Crippen LogP contribution in [0, 0.1) is 0 Å². The van der Waals surface area contributed by atoms with Gasteiger partial charge in [-0.1, -0.05) is 53.3 Å². The number of alkyl halides is 3. The summed E-state index contributed by atoms with van der Waals surface area (Å²) < 4.78 is 51.2. The Morgan fingerprint density at radius 1 is 1.18 bits per heavy atom. The van der Waals surface area contributed by atoms with Gasteiger partial charge in [0.25, 0.3) is 5.56 Å². The lowest BCUT2D eigenvalue weighted by Gasteiger charge is -2.26. The highest BCUT2D eigenvalue weighted by molar-refractivity contribution is 7.07. The first kappa shape index (κ1) is 27.0. The zero-order valence-corrected chi connectivity index (χ0v) is 22.7. The summed E-state index contributed by atoms with van der Waals surface area (Å²) in [6.45, 7) is 5.41.